The molecular formula is C19H24N2O. The average Bonchev–Trinajstić information content (AvgIpc) is 3.22. The minimum Gasteiger partial charge on any atom is -0.440 e. The Morgan fingerprint density at radius 2 is 2.05 bits per heavy atom. The minimum absolute atomic E-state index is 0.226. The molecular weight excluding hydrogens is 272 g/mol. The summed E-state index contributed by atoms with van der Waals surface area (Å²) in [6.45, 7) is 8.42. The Bertz CT molecular complexity index is 771. The first-order chi connectivity index (χ1) is 10.5. The predicted octanol–water partition coefficient (Wildman–Crippen LogP) is 3.91. The van der Waals surface area contributed by atoms with E-state index in [4.69, 9.17) is 9.40 Å². The van der Waals surface area contributed by atoms with E-state index >= 15 is 0 Å². The maximum Gasteiger partial charge on any atom is 0.198 e. The Morgan fingerprint density at radius 1 is 1.23 bits per heavy atom. The number of fused-ring (bicyclic) bond motifs is 5. The second kappa shape index (κ2) is 3.94. The summed E-state index contributed by atoms with van der Waals surface area (Å²) in [6.07, 6.45) is 4.78. The van der Waals surface area contributed by atoms with Gasteiger partial charge in [0.1, 0.15) is 5.52 Å². The molecule has 1 saturated heterocycles. The van der Waals surface area contributed by atoms with Gasteiger partial charge in [-0.3, -0.25) is 0 Å². The van der Waals surface area contributed by atoms with Crippen molar-refractivity contribution in [3.8, 4) is 0 Å². The molecule has 3 aliphatic rings. The molecule has 0 amide bonds. The Kier molecular flexibility index (Phi) is 2.35. The molecule has 2 heterocycles. The maximum absolute atomic E-state index is 6.03. The van der Waals surface area contributed by atoms with E-state index < -0.39 is 0 Å². The van der Waals surface area contributed by atoms with Crippen molar-refractivity contribution in [2.45, 2.75) is 63.8 Å². The molecule has 2 aliphatic carbocycles. The predicted molar refractivity (Wildman–Crippen MR) is 87.2 cm³/mol. The highest BCUT2D eigenvalue weighted by atomic mass is 16.3. The fourth-order valence-corrected chi connectivity index (χ4v) is 4.71. The van der Waals surface area contributed by atoms with Crippen LogP contribution in [0.25, 0.3) is 11.1 Å². The summed E-state index contributed by atoms with van der Waals surface area (Å²) >= 11 is 0. The summed E-state index contributed by atoms with van der Waals surface area (Å²) in [5, 5.41) is 3.74. The summed E-state index contributed by atoms with van der Waals surface area (Å²) in [4.78, 5) is 4.79. The van der Waals surface area contributed by atoms with Gasteiger partial charge in [0.2, 0.25) is 0 Å². The smallest absolute Gasteiger partial charge is 0.198 e. The van der Waals surface area contributed by atoms with Crippen LogP contribution in [0.2, 0.25) is 0 Å². The quantitative estimate of drug-likeness (QED) is 0.867. The molecule has 22 heavy (non-hydrogen) atoms. The van der Waals surface area contributed by atoms with Gasteiger partial charge in [-0.2, -0.15) is 0 Å². The van der Waals surface area contributed by atoms with Gasteiger partial charge in [-0.05, 0) is 60.9 Å². The van der Waals surface area contributed by atoms with Crippen LogP contribution < -0.4 is 5.32 Å². The fourth-order valence-electron chi connectivity index (χ4n) is 4.71. The molecule has 1 saturated carbocycles. The van der Waals surface area contributed by atoms with E-state index in [1.54, 1.807) is 0 Å². The summed E-state index contributed by atoms with van der Waals surface area (Å²) < 4.78 is 6.03. The van der Waals surface area contributed by atoms with Gasteiger partial charge < -0.3 is 9.73 Å². The number of hydrogen-bond acceptors (Lipinski definition) is 3. The van der Waals surface area contributed by atoms with Gasteiger partial charge in [0.25, 0.3) is 0 Å². The third-order valence-corrected chi connectivity index (χ3v) is 6.88. The standard InChI is InChI=1S/C19H24N2O/c1-18(2)16-9-12-8-15-14(21-17(22-15)11-4-5-11)10-13(12)19(18,3)6-7-20-16/h8,10-11,16,20H,4-7,9H2,1-3H3/t16-,19-/m0/s1. The average molecular weight is 296 g/mol. The van der Waals surface area contributed by atoms with Crippen molar-refractivity contribution in [2.75, 3.05) is 6.54 Å². The molecule has 0 spiro atoms. The van der Waals surface area contributed by atoms with Crippen LogP contribution in [-0.2, 0) is 11.8 Å². The number of hydrogen-bond donors (Lipinski definition) is 1. The van der Waals surface area contributed by atoms with E-state index in [9.17, 15) is 0 Å². The van der Waals surface area contributed by atoms with E-state index in [-0.39, 0.29) is 10.8 Å². The van der Waals surface area contributed by atoms with Crippen LogP contribution in [-0.4, -0.2) is 17.6 Å². The zero-order chi connectivity index (χ0) is 15.1. The highest BCUT2D eigenvalue weighted by Crippen LogP contribution is 2.54. The Hall–Kier alpha value is -1.35. The lowest BCUT2D eigenvalue weighted by atomic mass is 9.51. The molecule has 2 aromatic rings. The first-order valence-electron chi connectivity index (χ1n) is 8.66. The van der Waals surface area contributed by atoms with Crippen molar-refractivity contribution in [1.82, 2.24) is 10.3 Å². The van der Waals surface area contributed by atoms with Gasteiger partial charge >= 0.3 is 0 Å². The molecule has 0 radical (unpaired) electrons. The van der Waals surface area contributed by atoms with E-state index in [2.05, 4.69) is 38.2 Å². The van der Waals surface area contributed by atoms with Crippen molar-refractivity contribution in [2.24, 2.45) is 5.41 Å². The van der Waals surface area contributed by atoms with Gasteiger partial charge in [-0.25, -0.2) is 4.98 Å². The molecule has 1 aromatic carbocycles. The summed E-state index contributed by atoms with van der Waals surface area (Å²) in [5.41, 5.74) is 5.53. The molecule has 1 N–H and O–H groups in total. The third kappa shape index (κ3) is 1.53. The topological polar surface area (TPSA) is 38.1 Å². The van der Waals surface area contributed by atoms with Crippen LogP contribution >= 0.6 is 0 Å². The first-order valence-corrected chi connectivity index (χ1v) is 8.66. The lowest BCUT2D eigenvalue weighted by molar-refractivity contribution is 0.0561. The molecule has 2 atom stereocenters. The van der Waals surface area contributed by atoms with E-state index in [0.717, 1.165) is 30.0 Å². The van der Waals surface area contributed by atoms with Crippen LogP contribution in [0.5, 0.6) is 0 Å². The number of nitrogens with zero attached hydrogens (tertiary/aromatic N) is 1. The lowest BCUT2D eigenvalue weighted by Gasteiger charge is -2.57. The molecule has 3 nitrogen and oxygen atoms in total. The zero-order valence-corrected chi connectivity index (χ0v) is 13.7. The van der Waals surface area contributed by atoms with Crippen molar-refractivity contribution < 1.29 is 4.42 Å². The monoisotopic (exact) mass is 296 g/mol. The number of rotatable bonds is 1. The molecule has 1 aliphatic heterocycles. The summed E-state index contributed by atoms with van der Waals surface area (Å²) in [5.74, 6) is 1.54. The summed E-state index contributed by atoms with van der Waals surface area (Å²) in [7, 11) is 0. The van der Waals surface area contributed by atoms with Crippen molar-refractivity contribution in [3.05, 3.63) is 29.2 Å². The van der Waals surface area contributed by atoms with Crippen LogP contribution in [0.1, 0.15) is 63.0 Å². The number of piperidine rings is 1. The Labute approximate surface area is 131 Å². The van der Waals surface area contributed by atoms with Gasteiger partial charge in [0.15, 0.2) is 11.5 Å². The Morgan fingerprint density at radius 3 is 2.82 bits per heavy atom. The molecule has 2 bridgehead atoms. The van der Waals surface area contributed by atoms with Gasteiger partial charge in [0.05, 0.1) is 0 Å². The molecule has 116 valence electrons. The van der Waals surface area contributed by atoms with E-state index in [0.29, 0.717) is 12.0 Å². The second-order valence-electron chi connectivity index (χ2n) is 8.32. The maximum atomic E-state index is 6.03. The lowest BCUT2D eigenvalue weighted by Crippen LogP contribution is -2.62. The van der Waals surface area contributed by atoms with E-state index in [1.165, 1.54) is 30.4 Å². The zero-order valence-electron chi connectivity index (χ0n) is 13.7. The Balaban J connectivity index is 1.73. The van der Waals surface area contributed by atoms with E-state index in [1.807, 2.05) is 0 Å². The van der Waals surface area contributed by atoms with Crippen LogP contribution in [0.4, 0.5) is 0 Å². The van der Waals surface area contributed by atoms with Gasteiger partial charge in [0, 0.05) is 17.4 Å². The van der Waals surface area contributed by atoms with Crippen LogP contribution in [0, 0.1) is 5.41 Å². The van der Waals surface area contributed by atoms with Gasteiger partial charge in [-0.15, -0.1) is 0 Å². The van der Waals surface area contributed by atoms with Crippen LogP contribution in [0.15, 0.2) is 16.5 Å². The SMILES string of the molecule is CC1(C)[C@@H]2Cc3cc4oc(C5CC5)nc4cc3[C@]1(C)CCN2. The van der Waals surface area contributed by atoms with Crippen molar-refractivity contribution >= 4 is 11.1 Å². The molecule has 3 heteroatoms. The van der Waals surface area contributed by atoms with Gasteiger partial charge in [-0.1, -0.05) is 20.8 Å². The molecule has 0 unspecified atom stereocenters. The third-order valence-electron chi connectivity index (χ3n) is 6.88. The largest absolute Gasteiger partial charge is 0.440 e. The molecule has 1 aromatic heterocycles. The number of aromatic nitrogens is 1. The molecule has 2 fully saturated rings. The second-order valence-corrected chi connectivity index (χ2v) is 8.32. The first kappa shape index (κ1) is 13.1. The fraction of sp³-hybridized carbons (Fsp3) is 0.632. The summed E-state index contributed by atoms with van der Waals surface area (Å²) in [6, 6.07) is 5.17. The normalized spacial score (nSPS) is 33.0. The van der Waals surface area contributed by atoms with Crippen LogP contribution in [0.3, 0.4) is 0 Å². The number of nitrogens with one attached hydrogen (secondary N) is 1. The molecule has 5 rings (SSSR count). The minimum atomic E-state index is 0.226. The highest BCUT2D eigenvalue weighted by molar-refractivity contribution is 5.76. The highest BCUT2D eigenvalue weighted by Gasteiger charge is 2.53. The number of oxazole rings is 1. The van der Waals surface area contributed by atoms with Crippen molar-refractivity contribution in [1.29, 1.82) is 0 Å². The van der Waals surface area contributed by atoms with Crippen molar-refractivity contribution in [3.63, 3.8) is 0 Å². The number of benzene rings is 1.